The Bertz CT molecular complexity index is 1300. The van der Waals surface area contributed by atoms with E-state index in [0.29, 0.717) is 5.39 Å². The van der Waals surface area contributed by atoms with E-state index in [1.165, 1.54) is 18.3 Å². The molecule has 4 heterocycles. The average Bonchev–Trinajstić information content (AvgIpc) is 3.37. The number of pyridine rings is 3. The van der Waals surface area contributed by atoms with Crippen LogP contribution in [-0.4, -0.2) is 24.7 Å². The van der Waals surface area contributed by atoms with Crippen LogP contribution in [0.4, 0.5) is 17.6 Å². The molecule has 0 radical (unpaired) electrons. The zero-order valence-corrected chi connectivity index (χ0v) is 14.1. The Morgan fingerprint density at radius 1 is 1.21 bits per heavy atom. The molecule has 0 amide bonds. The van der Waals surface area contributed by atoms with Crippen molar-refractivity contribution in [3.8, 4) is 5.69 Å². The highest BCUT2D eigenvalue weighted by molar-refractivity contribution is 6.03. The fraction of sp³-hybridized carbons (Fsp3) is 0.222. The number of fused-ring (bicyclic) bond motifs is 3. The number of H-pyrrole nitrogens is 1. The second kappa shape index (κ2) is 5.60. The van der Waals surface area contributed by atoms with Gasteiger partial charge in [-0.15, -0.1) is 0 Å². The van der Waals surface area contributed by atoms with Gasteiger partial charge in [0.1, 0.15) is 17.0 Å². The third kappa shape index (κ3) is 2.40. The molecule has 1 fully saturated rings. The zero-order valence-electron chi connectivity index (χ0n) is 14.1. The number of hydrogen-bond donors (Lipinski definition) is 1. The summed E-state index contributed by atoms with van der Waals surface area (Å²) >= 11 is 0. The first kappa shape index (κ1) is 16.8. The van der Waals surface area contributed by atoms with Crippen LogP contribution >= 0.6 is 0 Å². The predicted octanol–water partition coefficient (Wildman–Crippen LogP) is 3.69. The molecule has 0 bridgehead atoms. The molecule has 1 aliphatic carbocycles. The van der Waals surface area contributed by atoms with Gasteiger partial charge in [-0.2, -0.15) is 18.3 Å². The van der Waals surface area contributed by atoms with Crippen LogP contribution in [0.5, 0.6) is 0 Å². The molecule has 0 aliphatic heterocycles. The molecule has 0 spiro atoms. The zero-order chi connectivity index (χ0) is 19.6. The van der Waals surface area contributed by atoms with Crippen molar-refractivity contribution in [3.63, 3.8) is 0 Å². The van der Waals surface area contributed by atoms with Gasteiger partial charge in [-0.25, -0.2) is 14.4 Å². The van der Waals surface area contributed by atoms with E-state index < -0.39 is 28.9 Å². The summed E-state index contributed by atoms with van der Waals surface area (Å²) in [4.78, 5) is 20.7. The first-order valence-electron chi connectivity index (χ1n) is 8.47. The smallest absolute Gasteiger partial charge is 0.272 e. The number of nitrogens with zero attached hydrogens (tertiary/aromatic N) is 4. The molecule has 4 aromatic rings. The lowest BCUT2D eigenvalue weighted by molar-refractivity contribution is -0.141. The van der Waals surface area contributed by atoms with E-state index in [9.17, 15) is 22.4 Å². The molecule has 6 nitrogen and oxygen atoms in total. The Morgan fingerprint density at radius 3 is 2.71 bits per heavy atom. The molecule has 10 heteroatoms. The van der Waals surface area contributed by atoms with E-state index in [2.05, 4.69) is 20.2 Å². The van der Waals surface area contributed by atoms with Gasteiger partial charge < -0.3 is 0 Å². The fourth-order valence-electron chi connectivity index (χ4n) is 3.39. The maximum Gasteiger partial charge on any atom is 0.435 e. The maximum atomic E-state index is 14.6. The Balaban J connectivity index is 1.97. The van der Waals surface area contributed by atoms with Crippen molar-refractivity contribution in [1.82, 2.24) is 24.7 Å². The third-order valence-electron chi connectivity index (χ3n) is 4.80. The topological polar surface area (TPSA) is 76.5 Å². The molecule has 0 atom stereocenters. The Labute approximate surface area is 153 Å². The lowest BCUT2D eigenvalue weighted by Crippen LogP contribution is -2.24. The van der Waals surface area contributed by atoms with E-state index in [1.54, 1.807) is 0 Å². The second-order valence-corrected chi connectivity index (χ2v) is 6.67. The van der Waals surface area contributed by atoms with Gasteiger partial charge in [0, 0.05) is 22.9 Å². The predicted molar refractivity (Wildman–Crippen MR) is 91.7 cm³/mol. The minimum Gasteiger partial charge on any atom is -0.272 e. The van der Waals surface area contributed by atoms with E-state index in [0.717, 1.165) is 29.7 Å². The normalized spacial score (nSPS) is 14.9. The van der Waals surface area contributed by atoms with Gasteiger partial charge in [-0.3, -0.25) is 14.5 Å². The molecular formula is C18H11F4N5O. The SMILES string of the molecule is O=c1c2[nH]ncc2c2cc(F)c(C3CC3)nc2n1-c1cccnc1C(F)(F)F. The maximum absolute atomic E-state index is 14.6. The van der Waals surface area contributed by atoms with Crippen LogP contribution in [0.25, 0.3) is 27.6 Å². The van der Waals surface area contributed by atoms with Crippen LogP contribution in [0.15, 0.2) is 35.4 Å². The van der Waals surface area contributed by atoms with Gasteiger partial charge in [0.2, 0.25) is 0 Å². The first-order valence-corrected chi connectivity index (χ1v) is 8.47. The van der Waals surface area contributed by atoms with Gasteiger partial charge >= 0.3 is 6.18 Å². The molecule has 4 aromatic heterocycles. The van der Waals surface area contributed by atoms with Crippen molar-refractivity contribution >= 4 is 21.9 Å². The van der Waals surface area contributed by atoms with Gasteiger partial charge in [-0.05, 0) is 31.0 Å². The summed E-state index contributed by atoms with van der Waals surface area (Å²) in [6.07, 6.45) is -0.973. The van der Waals surface area contributed by atoms with Gasteiger partial charge in [0.25, 0.3) is 5.56 Å². The highest BCUT2D eigenvalue weighted by Crippen LogP contribution is 2.41. The first-order chi connectivity index (χ1) is 13.4. The van der Waals surface area contributed by atoms with E-state index in [1.807, 2.05) is 0 Å². The van der Waals surface area contributed by atoms with Crippen LogP contribution in [-0.2, 0) is 6.18 Å². The van der Waals surface area contributed by atoms with Crippen LogP contribution in [0, 0.1) is 5.82 Å². The molecular weight excluding hydrogens is 378 g/mol. The Hall–Kier alpha value is -3.30. The number of aromatic amines is 1. The van der Waals surface area contributed by atoms with E-state index in [4.69, 9.17) is 0 Å². The molecule has 0 aromatic carbocycles. The lowest BCUT2D eigenvalue weighted by atomic mass is 10.1. The molecule has 0 saturated heterocycles. The molecule has 0 unspecified atom stereocenters. The number of halogens is 4. The highest BCUT2D eigenvalue weighted by atomic mass is 19.4. The highest BCUT2D eigenvalue weighted by Gasteiger charge is 2.37. The molecule has 1 saturated carbocycles. The molecule has 1 aliphatic rings. The number of rotatable bonds is 2. The average molecular weight is 389 g/mol. The Kier molecular flexibility index (Phi) is 3.37. The molecule has 1 N–H and O–H groups in total. The van der Waals surface area contributed by atoms with Gasteiger partial charge in [-0.1, -0.05) is 0 Å². The van der Waals surface area contributed by atoms with Crippen molar-refractivity contribution < 1.29 is 17.6 Å². The van der Waals surface area contributed by atoms with Crippen molar-refractivity contribution in [2.75, 3.05) is 0 Å². The quantitative estimate of drug-likeness (QED) is 0.531. The molecule has 28 heavy (non-hydrogen) atoms. The summed E-state index contributed by atoms with van der Waals surface area (Å²) in [7, 11) is 0. The van der Waals surface area contributed by atoms with Gasteiger partial charge in [0.15, 0.2) is 5.69 Å². The number of aromatic nitrogens is 5. The van der Waals surface area contributed by atoms with E-state index in [-0.39, 0.29) is 28.2 Å². The monoisotopic (exact) mass is 389 g/mol. The van der Waals surface area contributed by atoms with Crippen LogP contribution in [0.2, 0.25) is 0 Å². The van der Waals surface area contributed by atoms with Crippen LogP contribution in [0.1, 0.15) is 30.1 Å². The van der Waals surface area contributed by atoms with Gasteiger partial charge in [0.05, 0.1) is 17.6 Å². The van der Waals surface area contributed by atoms with Crippen molar-refractivity contribution in [3.05, 3.63) is 58.2 Å². The summed E-state index contributed by atoms with van der Waals surface area (Å²) in [6, 6.07) is 3.64. The fourth-order valence-corrected chi connectivity index (χ4v) is 3.39. The minimum atomic E-state index is -4.79. The largest absolute Gasteiger partial charge is 0.435 e. The number of nitrogens with one attached hydrogen (secondary N) is 1. The lowest BCUT2D eigenvalue weighted by Gasteiger charge is -2.16. The summed E-state index contributed by atoms with van der Waals surface area (Å²) in [5, 5.41) is 6.76. The summed E-state index contributed by atoms with van der Waals surface area (Å²) in [5.41, 5.74) is -2.40. The number of alkyl halides is 3. The molecule has 5 rings (SSSR count). The van der Waals surface area contributed by atoms with Crippen LogP contribution < -0.4 is 5.56 Å². The van der Waals surface area contributed by atoms with Crippen molar-refractivity contribution in [2.45, 2.75) is 24.9 Å². The summed E-state index contributed by atoms with van der Waals surface area (Å²) in [5.74, 6) is -0.645. The van der Waals surface area contributed by atoms with Crippen molar-refractivity contribution in [1.29, 1.82) is 0 Å². The third-order valence-corrected chi connectivity index (χ3v) is 4.80. The van der Waals surface area contributed by atoms with E-state index >= 15 is 0 Å². The Morgan fingerprint density at radius 2 is 2.00 bits per heavy atom. The minimum absolute atomic E-state index is 0.0372. The standard InChI is InChI=1S/C18H11F4N5O/c19-11-6-9-10-7-24-26-14(10)17(28)27(16(9)25-13(11)8-3-4-8)12-2-1-5-23-15(12)18(20,21)22/h1-2,5-8H,3-4H2,(H,24,26). The number of hydrogen-bond acceptors (Lipinski definition) is 4. The molecule has 142 valence electrons. The summed E-state index contributed by atoms with van der Waals surface area (Å²) < 4.78 is 56.0. The van der Waals surface area contributed by atoms with Crippen molar-refractivity contribution in [2.24, 2.45) is 0 Å². The second-order valence-electron chi connectivity index (χ2n) is 6.67. The summed E-state index contributed by atoms with van der Waals surface area (Å²) in [6.45, 7) is 0. The van der Waals surface area contributed by atoms with Crippen LogP contribution in [0.3, 0.4) is 0 Å².